The molecule has 0 atom stereocenters. The van der Waals surface area contributed by atoms with Crippen LogP contribution in [-0.2, 0) is 0 Å². The van der Waals surface area contributed by atoms with Gasteiger partial charge in [-0.05, 0) is 74.0 Å². The quantitative estimate of drug-likeness (QED) is 0.253. The number of anilines is 1. The first-order chi connectivity index (χ1) is 19.0. The molecule has 0 saturated carbocycles. The number of hydrogen-bond acceptors (Lipinski definition) is 5. The summed E-state index contributed by atoms with van der Waals surface area (Å²) in [6, 6.07) is 21.9. The smallest absolute Gasteiger partial charge is 0.267 e. The highest BCUT2D eigenvalue weighted by Gasteiger charge is 2.25. The maximum atomic E-state index is 13.0. The van der Waals surface area contributed by atoms with Crippen LogP contribution in [0.15, 0.2) is 93.9 Å². The molecule has 9 heteroatoms. The molecule has 0 bridgehead atoms. The number of hydrogen-bond donors (Lipinski definition) is 3. The zero-order valence-electron chi connectivity index (χ0n) is 21.8. The van der Waals surface area contributed by atoms with Gasteiger partial charge in [-0.1, -0.05) is 30.3 Å². The SMILES string of the molecule is C=Nn1c(C2CCNCC2)cc(-c2ccc(NC(=O)c3cccn(-c4ccccc4)c3=O)cc2)c1C(N)=NC. The highest BCUT2D eigenvalue weighted by atomic mass is 16.2. The second-order valence-electron chi connectivity index (χ2n) is 9.38. The number of aliphatic imine (C=N–C) groups is 1. The lowest BCUT2D eigenvalue weighted by molar-refractivity contribution is 0.102. The van der Waals surface area contributed by atoms with Crippen molar-refractivity contribution in [3.63, 3.8) is 0 Å². The summed E-state index contributed by atoms with van der Waals surface area (Å²) in [5, 5.41) is 10.5. The van der Waals surface area contributed by atoms with Crippen LogP contribution in [0.5, 0.6) is 0 Å². The van der Waals surface area contributed by atoms with Crippen LogP contribution in [0, 0.1) is 0 Å². The Morgan fingerprint density at radius 2 is 1.77 bits per heavy atom. The Hall–Kier alpha value is -4.76. The molecular weight excluding hydrogens is 490 g/mol. The molecular formula is C30H31N7O2. The van der Waals surface area contributed by atoms with Gasteiger partial charge in [0, 0.05) is 48.5 Å². The summed E-state index contributed by atoms with van der Waals surface area (Å²) in [5.41, 5.74) is 10.8. The lowest BCUT2D eigenvalue weighted by Gasteiger charge is -2.23. The first kappa shape index (κ1) is 25.9. The van der Waals surface area contributed by atoms with Crippen LogP contribution < -0.4 is 21.9 Å². The molecule has 9 nitrogen and oxygen atoms in total. The van der Waals surface area contributed by atoms with Gasteiger partial charge in [-0.3, -0.25) is 19.1 Å². The van der Waals surface area contributed by atoms with Gasteiger partial charge in [0.15, 0.2) is 0 Å². The van der Waals surface area contributed by atoms with E-state index in [0.29, 0.717) is 28.8 Å². The number of amides is 1. The van der Waals surface area contributed by atoms with E-state index >= 15 is 0 Å². The largest absolute Gasteiger partial charge is 0.382 e. The van der Waals surface area contributed by atoms with Crippen molar-refractivity contribution >= 4 is 24.1 Å². The van der Waals surface area contributed by atoms with Crippen LogP contribution in [-0.4, -0.2) is 47.8 Å². The molecule has 3 heterocycles. The van der Waals surface area contributed by atoms with Crippen molar-refractivity contribution in [2.45, 2.75) is 18.8 Å². The maximum absolute atomic E-state index is 13.0. The van der Waals surface area contributed by atoms with E-state index in [1.165, 1.54) is 10.6 Å². The van der Waals surface area contributed by atoms with Crippen molar-refractivity contribution in [1.82, 2.24) is 14.6 Å². The van der Waals surface area contributed by atoms with Crippen molar-refractivity contribution in [2.24, 2.45) is 15.8 Å². The van der Waals surface area contributed by atoms with Crippen LogP contribution in [0.25, 0.3) is 16.8 Å². The summed E-state index contributed by atoms with van der Waals surface area (Å²) in [4.78, 5) is 30.3. The number of aromatic nitrogens is 2. The number of benzene rings is 2. The number of pyridine rings is 1. The zero-order valence-corrected chi connectivity index (χ0v) is 21.8. The van der Waals surface area contributed by atoms with E-state index < -0.39 is 5.91 Å². The van der Waals surface area contributed by atoms with Gasteiger partial charge in [-0.2, -0.15) is 5.10 Å². The van der Waals surface area contributed by atoms with E-state index in [2.05, 4.69) is 33.5 Å². The maximum Gasteiger partial charge on any atom is 0.267 e. The second kappa shape index (κ2) is 11.3. The van der Waals surface area contributed by atoms with Gasteiger partial charge >= 0.3 is 0 Å². The lowest BCUT2D eigenvalue weighted by atomic mass is 9.94. The summed E-state index contributed by atoms with van der Waals surface area (Å²) in [6.45, 7) is 5.68. The molecule has 4 aromatic rings. The topological polar surface area (TPSA) is 119 Å². The normalized spacial score (nSPS) is 14.2. The third-order valence-corrected chi connectivity index (χ3v) is 7.07. The van der Waals surface area contributed by atoms with E-state index in [9.17, 15) is 9.59 Å². The molecule has 5 rings (SSSR count). The minimum absolute atomic E-state index is 0.0559. The number of rotatable bonds is 7. The molecule has 2 aromatic carbocycles. The predicted molar refractivity (Wildman–Crippen MR) is 156 cm³/mol. The van der Waals surface area contributed by atoms with E-state index in [-0.39, 0.29) is 11.1 Å². The van der Waals surface area contributed by atoms with Gasteiger partial charge in [-0.15, -0.1) is 0 Å². The van der Waals surface area contributed by atoms with Crippen molar-refractivity contribution in [2.75, 3.05) is 25.5 Å². The van der Waals surface area contributed by atoms with Gasteiger partial charge in [0.25, 0.3) is 11.5 Å². The number of carbonyl (C=O) groups excluding carboxylic acids is 1. The van der Waals surface area contributed by atoms with E-state index in [4.69, 9.17) is 5.73 Å². The Labute approximate surface area is 226 Å². The fraction of sp³-hybridized carbons (Fsp3) is 0.200. The van der Waals surface area contributed by atoms with Gasteiger partial charge in [0.2, 0.25) is 0 Å². The van der Waals surface area contributed by atoms with Crippen molar-refractivity contribution in [1.29, 1.82) is 0 Å². The molecule has 0 aliphatic carbocycles. The van der Waals surface area contributed by atoms with Crippen molar-refractivity contribution in [3.05, 3.63) is 106 Å². The van der Waals surface area contributed by atoms with Crippen LogP contribution in [0.2, 0.25) is 0 Å². The Balaban J connectivity index is 1.43. The molecule has 0 radical (unpaired) electrons. The molecule has 1 saturated heterocycles. The Bertz CT molecular complexity index is 1580. The number of piperidine rings is 1. The molecule has 0 spiro atoms. The minimum Gasteiger partial charge on any atom is -0.382 e. The molecule has 1 fully saturated rings. The second-order valence-corrected chi connectivity index (χ2v) is 9.38. The fourth-order valence-corrected chi connectivity index (χ4v) is 5.04. The first-order valence-corrected chi connectivity index (χ1v) is 12.9. The zero-order chi connectivity index (χ0) is 27.4. The number of para-hydroxylation sites is 1. The molecule has 0 unspecified atom stereocenters. The number of amidine groups is 1. The van der Waals surface area contributed by atoms with Gasteiger partial charge < -0.3 is 16.4 Å². The van der Waals surface area contributed by atoms with Gasteiger partial charge in [-0.25, -0.2) is 4.68 Å². The van der Waals surface area contributed by atoms with Crippen molar-refractivity contribution < 1.29 is 4.79 Å². The van der Waals surface area contributed by atoms with Gasteiger partial charge in [0.05, 0.1) is 0 Å². The average Bonchev–Trinajstić information content (AvgIpc) is 3.38. The van der Waals surface area contributed by atoms with E-state index in [0.717, 1.165) is 42.8 Å². The highest BCUT2D eigenvalue weighted by molar-refractivity contribution is 6.05. The first-order valence-electron chi connectivity index (χ1n) is 12.9. The number of carbonyl (C=O) groups is 1. The average molecular weight is 522 g/mol. The molecule has 1 aliphatic rings. The Morgan fingerprint density at radius 3 is 2.44 bits per heavy atom. The van der Waals surface area contributed by atoms with Crippen LogP contribution in [0.3, 0.4) is 0 Å². The van der Waals surface area contributed by atoms with E-state index in [1.807, 2.05) is 42.5 Å². The molecule has 1 amide bonds. The third kappa shape index (κ3) is 5.17. The summed E-state index contributed by atoms with van der Waals surface area (Å²) in [5.74, 6) is 0.225. The van der Waals surface area contributed by atoms with Crippen LogP contribution >= 0.6 is 0 Å². The molecule has 2 aromatic heterocycles. The van der Waals surface area contributed by atoms with Crippen LogP contribution in [0.1, 0.15) is 40.5 Å². The standard InChI is InChI=1S/C30H31N7O2/c1-32-28(31)27-25(19-26(37(27)33-2)21-14-16-34-17-15-21)20-10-12-22(13-11-20)35-29(38)24-9-6-18-36(30(24)39)23-7-4-3-5-8-23/h3-13,18-19,21,34H,2,14-17H2,1H3,(H2,31,32)(H,35,38). The molecule has 1 aliphatic heterocycles. The summed E-state index contributed by atoms with van der Waals surface area (Å²) in [6.07, 6.45) is 3.64. The van der Waals surface area contributed by atoms with Gasteiger partial charge in [0.1, 0.15) is 17.1 Å². The summed E-state index contributed by atoms with van der Waals surface area (Å²) < 4.78 is 3.26. The molecule has 39 heavy (non-hydrogen) atoms. The lowest BCUT2D eigenvalue weighted by Crippen LogP contribution is -2.28. The summed E-state index contributed by atoms with van der Waals surface area (Å²) >= 11 is 0. The number of nitrogens with two attached hydrogens (primary N) is 1. The molecule has 198 valence electrons. The molecule has 4 N–H and O–H groups in total. The fourth-order valence-electron chi connectivity index (χ4n) is 5.04. The Kier molecular flexibility index (Phi) is 7.51. The number of nitrogens with one attached hydrogen (secondary N) is 2. The van der Waals surface area contributed by atoms with E-state index in [1.54, 1.807) is 36.1 Å². The number of nitrogens with zero attached hydrogens (tertiary/aromatic N) is 4. The van der Waals surface area contributed by atoms with Crippen LogP contribution in [0.4, 0.5) is 5.69 Å². The summed E-state index contributed by atoms with van der Waals surface area (Å²) in [7, 11) is 1.65. The van der Waals surface area contributed by atoms with Crippen molar-refractivity contribution in [3.8, 4) is 16.8 Å². The minimum atomic E-state index is -0.476. The highest BCUT2D eigenvalue weighted by Crippen LogP contribution is 2.35. The third-order valence-electron chi connectivity index (χ3n) is 7.07. The monoisotopic (exact) mass is 521 g/mol. The Morgan fingerprint density at radius 1 is 1.05 bits per heavy atom. The predicted octanol–water partition coefficient (Wildman–Crippen LogP) is 3.82.